The number of piperidine rings is 1. The highest BCUT2D eigenvalue weighted by Gasteiger charge is 2.40. The molecule has 26 heavy (non-hydrogen) atoms. The normalized spacial score (nSPS) is 25.2. The second-order valence-corrected chi connectivity index (χ2v) is 7.51. The van der Waals surface area contributed by atoms with Crippen molar-refractivity contribution >= 4 is 5.91 Å². The molecule has 0 spiro atoms. The molecule has 0 aromatic heterocycles. The Bertz CT molecular complexity index is 732. The minimum absolute atomic E-state index is 0.0906. The summed E-state index contributed by atoms with van der Waals surface area (Å²) in [6.07, 6.45) is 5.56. The Morgan fingerprint density at radius 3 is 2.31 bits per heavy atom. The Balaban J connectivity index is 1.33. The number of carbonyl (C=O) groups is 1. The number of nitrogens with zero attached hydrogens (tertiary/aromatic N) is 1. The molecular formula is C22H25FN2O. The van der Waals surface area contributed by atoms with E-state index in [1.165, 1.54) is 30.5 Å². The van der Waals surface area contributed by atoms with Gasteiger partial charge < -0.3 is 5.32 Å². The molecule has 2 bridgehead atoms. The lowest BCUT2D eigenvalue weighted by Gasteiger charge is -2.39. The third-order valence-electron chi connectivity index (χ3n) is 5.83. The van der Waals surface area contributed by atoms with Crippen LogP contribution in [0.2, 0.25) is 0 Å². The number of benzene rings is 2. The van der Waals surface area contributed by atoms with Crippen LogP contribution in [-0.4, -0.2) is 35.5 Å². The molecule has 4 heteroatoms. The minimum atomic E-state index is -0.314. The van der Waals surface area contributed by atoms with Crippen molar-refractivity contribution in [2.45, 2.75) is 50.2 Å². The maximum Gasteiger partial charge on any atom is 0.251 e. The largest absolute Gasteiger partial charge is 0.349 e. The first kappa shape index (κ1) is 17.2. The van der Waals surface area contributed by atoms with Gasteiger partial charge in [0.1, 0.15) is 5.82 Å². The topological polar surface area (TPSA) is 32.3 Å². The molecule has 1 N–H and O–H groups in total. The van der Waals surface area contributed by atoms with Crippen molar-refractivity contribution in [3.05, 3.63) is 71.5 Å². The van der Waals surface area contributed by atoms with Crippen LogP contribution >= 0.6 is 0 Å². The Hall–Kier alpha value is -2.20. The van der Waals surface area contributed by atoms with Crippen LogP contribution in [0.3, 0.4) is 0 Å². The minimum Gasteiger partial charge on any atom is -0.349 e. The first-order valence-electron chi connectivity index (χ1n) is 9.55. The highest BCUT2D eigenvalue weighted by molar-refractivity contribution is 5.94. The first-order chi connectivity index (χ1) is 12.7. The summed E-state index contributed by atoms with van der Waals surface area (Å²) in [5.74, 6) is -0.404. The van der Waals surface area contributed by atoms with Gasteiger partial charge in [-0.2, -0.15) is 0 Å². The molecular weight excluding hydrogens is 327 g/mol. The lowest BCUT2D eigenvalue weighted by Crippen LogP contribution is -2.50. The summed E-state index contributed by atoms with van der Waals surface area (Å²) in [7, 11) is 0. The van der Waals surface area contributed by atoms with Gasteiger partial charge in [0.2, 0.25) is 0 Å². The van der Waals surface area contributed by atoms with Gasteiger partial charge in [0, 0.05) is 30.2 Å². The predicted molar refractivity (Wildman–Crippen MR) is 101 cm³/mol. The molecule has 0 saturated carbocycles. The van der Waals surface area contributed by atoms with Gasteiger partial charge in [0.25, 0.3) is 5.91 Å². The predicted octanol–water partition coefficient (Wildman–Crippen LogP) is 3.79. The van der Waals surface area contributed by atoms with Crippen molar-refractivity contribution in [1.29, 1.82) is 0 Å². The summed E-state index contributed by atoms with van der Waals surface area (Å²) in [5.41, 5.74) is 1.92. The summed E-state index contributed by atoms with van der Waals surface area (Å²) in [5, 5.41) is 3.16. The van der Waals surface area contributed by atoms with E-state index in [2.05, 4.69) is 40.5 Å². The molecule has 2 heterocycles. The van der Waals surface area contributed by atoms with Crippen molar-refractivity contribution in [2.24, 2.45) is 0 Å². The fourth-order valence-electron chi connectivity index (χ4n) is 4.53. The van der Waals surface area contributed by atoms with Gasteiger partial charge in [-0.05, 0) is 61.9 Å². The van der Waals surface area contributed by atoms with Crippen molar-refractivity contribution in [1.82, 2.24) is 10.2 Å². The second kappa shape index (κ2) is 7.58. The van der Waals surface area contributed by atoms with Crippen LogP contribution in [0, 0.1) is 5.82 Å². The number of fused-ring (bicyclic) bond motifs is 2. The lowest BCUT2D eigenvalue weighted by molar-refractivity contribution is 0.0848. The number of rotatable bonds is 5. The van der Waals surface area contributed by atoms with Gasteiger partial charge in [0.15, 0.2) is 0 Å². The van der Waals surface area contributed by atoms with Crippen LogP contribution in [-0.2, 0) is 6.42 Å². The summed E-state index contributed by atoms with van der Waals surface area (Å²) in [6, 6.07) is 17.8. The van der Waals surface area contributed by atoms with E-state index in [-0.39, 0.29) is 17.8 Å². The quantitative estimate of drug-likeness (QED) is 0.888. The molecule has 0 radical (unpaired) electrons. The van der Waals surface area contributed by atoms with Crippen LogP contribution in [0.25, 0.3) is 0 Å². The molecule has 2 fully saturated rings. The van der Waals surface area contributed by atoms with Crippen molar-refractivity contribution in [3.63, 3.8) is 0 Å². The van der Waals surface area contributed by atoms with E-state index >= 15 is 0 Å². The van der Waals surface area contributed by atoms with E-state index in [1.807, 2.05) is 0 Å². The molecule has 0 aliphatic carbocycles. The molecule has 2 aromatic carbocycles. The number of halogens is 1. The molecule has 1 amide bonds. The molecule has 4 rings (SSSR count). The molecule has 2 atom stereocenters. The molecule has 2 aliphatic heterocycles. The van der Waals surface area contributed by atoms with Gasteiger partial charge in [-0.15, -0.1) is 0 Å². The first-order valence-corrected chi connectivity index (χ1v) is 9.55. The third kappa shape index (κ3) is 3.80. The molecule has 2 aromatic rings. The highest BCUT2D eigenvalue weighted by Crippen LogP contribution is 2.35. The average molecular weight is 352 g/mol. The van der Waals surface area contributed by atoms with E-state index < -0.39 is 0 Å². The summed E-state index contributed by atoms with van der Waals surface area (Å²) >= 11 is 0. The molecule has 2 aliphatic rings. The number of hydrogen-bond donors (Lipinski definition) is 1. The van der Waals surface area contributed by atoms with Gasteiger partial charge in [-0.25, -0.2) is 4.39 Å². The fraction of sp³-hybridized carbons (Fsp3) is 0.409. The second-order valence-electron chi connectivity index (χ2n) is 7.51. The van der Waals surface area contributed by atoms with Crippen LogP contribution < -0.4 is 5.32 Å². The van der Waals surface area contributed by atoms with E-state index in [9.17, 15) is 9.18 Å². The zero-order chi connectivity index (χ0) is 17.9. The van der Waals surface area contributed by atoms with Gasteiger partial charge in [-0.3, -0.25) is 9.69 Å². The van der Waals surface area contributed by atoms with Gasteiger partial charge in [-0.1, -0.05) is 30.3 Å². The maximum atomic E-state index is 13.0. The molecule has 3 nitrogen and oxygen atoms in total. The molecule has 2 unspecified atom stereocenters. The highest BCUT2D eigenvalue weighted by atomic mass is 19.1. The van der Waals surface area contributed by atoms with E-state index in [4.69, 9.17) is 0 Å². The Morgan fingerprint density at radius 1 is 1.00 bits per heavy atom. The van der Waals surface area contributed by atoms with Crippen molar-refractivity contribution in [2.75, 3.05) is 6.54 Å². The maximum absolute atomic E-state index is 13.0. The summed E-state index contributed by atoms with van der Waals surface area (Å²) in [4.78, 5) is 15.0. The zero-order valence-electron chi connectivity index (χ0n) is 14.9. The SMILES string of the molecule is O=C(NC1CC2CCC(C1)N2CCc1ccccc1)c1ccc(F)cc1. The van der Waals surface area contributed by atoms with Crippen LogP contribution in [0.4, 0.5) is 4.39 Å². The molecule has 2 saturated heterocycles. The Morgan fingerprint density at radius 2 is 1.65 bits per heavy atom. The monoisotopic (exact) mass is 352 g/mol. The van der Waals surface area contributed by atoms with E-state index in [0.717, 1.165) is 25.8 Å². The number of hydrogen-bond acceptors (Lipinski definition) is 2. The van der Waals surface area contributed by atoms with Crippen LogP contribution in [0.15, 0.2) is 54.6 Å². The number of nitrogens with one attached hydrogen (secondary N) is 1. The standard InChI is InChI=1S/C22H25FN2O/c23-18-8-6-17(7-9-18)22(26)24-19-14-20-10-11-21(15-19)25(20)13-12-16-4-2-1-3-5-16/h1-9,19-21H,10-15H2,(H,24,26). The third-order valence-corrected chi connectivity index (χ3v) is 5.83. The average Bonchev–Trinajstić information content (AvgIpc) is 2.90. The van der Waals surface area contributed by atoms with Crippen LogP contribution in [0.5, 0.6) is 0 Å². The fourth-order valence-corrected chi connectivity index (χ4v) is 4.53. The Labute approximate surface area is 154 Å². The zero-order valence-corrected chi connectivity index (χ0v) is 14.9. The van der Waals surface area contributed by atoms with E-state index in [0.29, 0.717) is 17.6 Å². The molecule has 136 valence electrons. The smallest absolute Gasteiger partial charge is 0.251 e. The summed E-state index contributed by atoms with van der Waals surface area (Å²) < 4.78 is 13.0. The Kier molecular flexibility index (Phi) is 5.02. The van der Waals surface area contributed by atoms with Crippen LogP contribution in [0.1, 0.15) is 41.6 Å². The van der Waals surface area contributed by atoms with E-state index in [1.54, 1.807) is 12.1 Å². The number of amides is 1. The summed E-state index contributed by atoms with van der Waals surface area (Å²) in [6.45, 7) is 1.10. The van der Waals surface area contributed by atoms with Crippen molar-refractivity contribution in [3.8, 4) is 0 Å². The van der Waals surface area contributed by atoms with Gasteiger partial charge in [0.05, 0.1) is 0 Å². The number of carbonyl (C=O) groups excluding carboxylic acids is 1. The lowest BCUT2D eigenvalue weighted by atomic mass is 9.96. The van der Waals surface area contributed by atoms with Crippen molar-refractivity contribution < 1.29 is 9.18 Å². The van der Waals surface area contributed by atoms with Gasteiger partial charge >= 0.3 is 0 Å².